The van der Waals surface area contributed by atoms with Crippen molar-refractivity contribution < 1.29 is 13.2 Å². The predicted octanol–water partition coefficient (Wildman–Crippen LogP) is 0.892. The quantitative estimate of drug-likeness (QED) is 0.586. The van der Waals surface area contributed by atoms with Crippen LogP contribution in [0, 0.1) is 6.92 Å². The highest BCUT2D eigenvalue weighted by atomic mass is 32.2. The van der Waals surface area contributed by atoms with Crippen LogP contribution in [0.1, 0.15) is 12.5 Å². The third-order valence-electron chi connectivity index (χ3n) is 2.30. The molecule has 0 aromatic heterocycles. The molecule has 0 amide bonds. The fourth-order valence-corrected chi connectivity index (χ4v) is 2.31. The molecule has 0 bridgehead atoms. The van der Waals surface area contributed by atoms with E-state index in [1.165, 1.54) is 12.1 Å². The van der Waals surface area contributed by atoms with E-state index >= 15 is 0 Å². The normalized spacial score (nSPS) is 11.6. The van der Waals surface area contributed by atoms with Crippen LogP contribution in [0.5, 0.6) is 0 Å². The van der Waals surface area contributed by atoms with Gasteiger partial charge in [-0.1, -0.05) is 6.07 Å². The number of sulfonamides is 1. The molecule has 96 valence electrons. The van der Waals surface area contributed by atoms with Crippen LogP contribution in [-0.4, -0.2) is 28.2 Å². The van der Waals surface area contributed by atoms with Crippen molar-refractivity contribution in [1.82, 2.24) is 4.72 Å². The van der Waals surface area contributed by atoms with Crippen LogP contribution in [0.2, 0.25) is 0 Å². The van der Waals surface area contributed by atoms with Gasteiger partial charge in [-0.2, -0.15) is 0 Å². The van der Waals surface area contributed by atoms with Gasteiger partial charge >= 0.3 is 0 Å². The summed E-state index contributed by atoms with van der Waals surface area (Å²) >= 11 is 0. The van der Waals surface area contributed by atoms with Crippen LogP contribution in [-0.2, 0) is 14.8 Å². The first kappa shape index (κ1) is 14.0. The molecule has 0 saturated carbocycles. The number of hydrogen-bond acceptors (Lipinski definition) is 4. The van der Waals surface area contributed by atoms with Crippen molar-refractivity contribution in [3.8, 4) is 0 Å². The summed E-state index contributed by atoms with van der Waals surface area (Å²) in [4.78, 5) is 0.178. The Morgan fingerprint density at radius 2 is 2.12 bits per heavy atom. The van der Waals surface area contributed by atoms with Gasteiger partial charge in [0.25, 0.3) is 0 Å². The Labute approximate surface area is 102 Å². The minimum Gasteiger partial charge on any atom is -0.398 e. The van der Waals surface area contributed by atoms with Crippen LogP contribution in [0.3, 0.4) is 0 Å². The van der Waals surface area contributed by atoms with Gasteiger partial charge in [0, 0.05) is 18.8 Å². The number of rotatable bonds is 6. The van der Waals surface area contributed by atoms with Crippen LogP contribution < -0.4 is 10.5 Å². The molecule has 0 aliphatic heterocycles. The van der Waals surface area contributed by atoms with Crippen molar-refractivity contribution in [2.75, 3.05) is 25.5 Å². The molecular weight excluding hydrogens is 240 g/mol. The summed E-state index contributed by atoms with van der Waals surface area (Å²) in [6.45, 7) is 4.86. The fraction of sp³-hybridized carbons (Fsp3) is 0.455. The highest BCUT2D eigenvalue weighted by Crippen LogP contribution is 2.16. The van der Waals surface area contributed by atoms with Crippen LogP contribution >= 0.6 is 0 Å². The molecular formula is C11H18N2O3S. The summed E-state index contributed by atoms with van der Waals surface area (Å²) in [6, 6.07) is 4.68. The Kier molecular flexibility index (Phi) is 4.92. The number of nitrogens with two attached hydrogens (primary N) is 1. The lowest BCUT2D eigenvalue weighted by molar-refractivity contribution is 0.153. The molecule has 0 radical (unpaired) electrons. The van der Waals surface area contributed by atoms with E-state index in [-0.39, 0.29) is 11.4 Å². The second-order valence-corrected chi connectivity index (χ2v) is 5.38. The predicted molar refractivity (Wildman–Crippen MR) is 67.3 cm³/mol. The second-order valence-electron chi connectivity index (χ2n) is 3.61. The number of nitrogen functional groups attached to an aromatic ring is 1. The van der Waals surface area contributed by atoms with Gasteiger partial charge in [0.2, 0.25) is 10.0 Å². The van der Waals surface area contributed by atoms with Gasteiger partial charge in [0.1, 0.15) is 0 Å². The molecule has 17 heavy (non-hydrogen) atoms. The van der Waals surface area contributed by atoms with Gasteiger partial charge in [-0.05, 0) is 31.5 Å². The lowest BCUT2D eigenvalue weighted by Gasteiger charge is -2.08. The number of ether oxygens (including phenoxy) is 1. The lowest BCUT2D eigenvalue weighted by Crippen LogP contribution is -2.27. The molecule has 0 spiro atoms. The maximum atomic E-state index is 11.8. The van der Waals surface area contributed by atoms with Crippen molar-refractivity contribution >= 4 is 15.7 Å². The maximum Gasteiger partial charge on any atom is 0.240 e. The third-order valence-corrected chi connectivity index (χ3v) is 3.76. The molecule has 3 N–H and O–H groups in total. The van der Waals surface area contributed by atoms with Gasteiger partial charge in [0.15, 0.2) is 0 Å². The average molecular weight is 258 g/mol. The molecule has 0 atom stereocenters. The number of benzene rings is 1. The number of hydrogen-bond donors (Lipinski definition) is 2. The first-order chi connectivity index (χ1) is 7.97. The summed E-state index contributed by atoms with van der Waals surface area (Å²) in [5.41, 5.74) is 7.01. The largest absolute Gasteiger partial charge is 0.398 e. The van der Waals surface area contributed by atoms with Crippen LogP contribution in [0.4, 0.5) is 5.69 Å². The zero-order valence-electron chi connectivity index (χ0n) is 10.1. The summed E-state index contributed by atoms with van der Waals surface area (Å²) < 4.78 is 31.2. The SMILES string of the molecule is CCOCCNS(=O)(=O)c1ccc(C)c(N)c1. The van der Waals surface area contributed by atoms with E-state index < -0.39 is 10.0 Å². The molecule has 0 saturated heterocycles. The second kappa shape index (κ2) is 6.00. The smallest absolute Gasteiger partial charge is 0.240 e. The van der Waals surface area contributed by atoms with Gasteiger partial charge in [0.05, 0.1) is 11.5 Å². The van der Waals surface area contributed by atoms with Crippen LogP contribution in [0.25, 0.3) is 0 Å². The number of nitrogens with one attached hydrogen (secondary N) is 1. The van der Waals surface area contributed by atoms with E-state index in [1.54, 1.807) is 6.07 Å². The number of anilines is 1. The van der Waals surface area contributed by atoms with Crippen molar-refractivity contribution in [2.24, 2.45) is 0 Å². The Bertz CT molecular complexity index is 472. The first-order valence-electron chi connectivity index (χ1n) is 5.41. The van der Waals surface area contributed by atoms with Gasteiger partial charge in [-0.15, -0.1) is 0 Å². The van der Waals surface area contributed by atoms with E-state index in [0.29, 0.717) is 18.9 Å². The molecule has 0 unspecified atom stereocenters. The molecule has 1 rings (SSSR count). The standard InChI is InChI=1S/C11H18N2O3S/c1-3-16-7-6-13-17(14,15)10-5-4-9(2)11(12)8-10/h4-5,8,13H,3,6-7,12H2,1-2H3. The molecule has 0 fully saturated rings. The molecule has 6 heteroatoms. The molecule has 5 nitrogen and oxygen atoms in total. The Morgan fingerprint density at radius 3 is 2.71 bits per heavy atom. The molecule has 1 aromatic rings. The maximum absolute atomic E-state index is 11.8. The Hall–Kier alpha value is -1.11. The zero-order valence-corrected chi connectivity index (χ0v) is 10.9. The highest BCUT2D eigenvalue weighted by Gasteiger charge is 2.13. The molecule has 0 aliphatic carbocycles. The van der Waals surface area contributed by atoms with Crippen LogP contribution in [0.15, 0.2) is 23.1 Å². The summed E-state index contributed by atoms with van der Waals surface area (Å²) in [6.07, 6.45) is 0. The highest BCUT2D eigenvalue weighted by molar-refractivity contribution is 7.89. The minimum atomic E-state index is -3.49. The zero-order chi connectivity index (χ0) is 12.9. The lowest BCUT2D eigenvalue weighted by atomic mass is 10.2. The van der Waals surface area contributed by atoms with Gasteiger partial charge in [-0.25, -0.2) is 13.1 Å². The third kappa shape index (κ3) is 3.99. The van der Waals surface area contributed by atoms with Gasteiger partial charge in [-0.3, -0.25) is 0 Å². The minimum absolute atomic E-state index is 0.178. The molecule has 0 aliphatic rings. The first-order valence-corrected chi connectivity index (χ1v) is 6.89. The molecule has 0 heterocycles. The summed E-state index contributed by atoms with van der Waals surface area (Å²) in [5.74, 6) is 0. The van der Waals surface area contributed by atoms with E-state index in [0.717, 1.165) is 5.56 Å². The summed E-state index contributed by atoms with van der Waals surface area (Å²) in [5, 5.41) is 0. The molecule has 1 aromatic carbocycles. The van der Waals surface area contributed by atoms with Crippen molar-refractivity contribution in [3.63, 3.8) is 0 Å². The van der Waals surface area contributed by atoms with Crippen molar-refractivity contribution in [3.05, 3.63) is 23.8 Å². The van der Waals surface area contributed by atoms with E-state index in [4.69, 9.17) is 10.5 Å². The van der Waals surface area contributed by atoms with Crippen molar-refractivity contribution in [2.45, 2.75) is 18.7 Å². The Morgan fingerprint density at radius 1 is 1.41 bits per heavy atom. The summed E-state index contributed by atoms with van der Waals surface area (Å²) in [7, 11) is -3.49. The van der Waals surface area contributed by atoms with Crippen molar-refractivity contribution in [1.29, 1.82) is 0 Å². The monoisotopic (exact) mass is 258 g/mol. The van der Waals surface area contributed by atoms with E-state index in [1.807, 2.05) is 13.8 Å². The fourth-order valence-electron chi connectivity index (χ4n) is 1.26. The van der Waals surface area contributed by atoms with E-state index in [2.05, 4.69) is 4.72 Å². The average Bonchev–Trinajstić information content (AvgIpc) is 2.28. The Balaban J connectivity index is 2.72. The topological polar surface area (TPSA) is 81.4 Å². The van der Waals surface area contributed by atoms with E-state index in [9.17, 15) is 8.42 Å². The van der Waals surface area contributed by atoms with Gasteiger partial charge < -0.3 is 10.5 Å². The number of aryl methyl sites for hydroxylation is 1.